The zero-order chi connectivity index (χ0) is 31.5. The number of benzene rings is 3. The summed E-state index contributed by atoms with van der Waals surface area (Å²) in [6, 6.07) is 26.4. The molecular formula is C34H38N8O4. The molecule has 2 aromatic heterocycles. The highest BCUT2D eigenvalue weighted by Gasteiger charge is 2.44. The molecule has 0 spiro atoms. The Morgan fingerprint density at radius 3 is 2.04 bits per heavy atom. The van der Waals surface area contributed by atoms with Gasteiger partial charge < -0.3 is 24.0 Å². The van der Waals surface area contributed by atoms with Crippen LogP contribution < -0.4 is 20.2 Å². The number of hydrogen-bond donors (Lipinski definition) is 0. The predicted octanol–water partition coefficient (Wildman–Crippen LogP) is 3.88. The van der Waals surface area contributed by atoms with Gasteiger partial charge in [-0.3, -0.25) is 0 Å². The van der Waals surface area contributed by atoms with Gasteiger partial charge in [-0.2, -0.15) is 20.1 Å². The first kappa shape index (κ1) is 29.8. The Hall–Kier alpha value is -4.94. The average Bonchev–Trinajstić information content (AvgIpc) is 3.86. The molecule has 0 N–H and O–H groups in total. The number of hydrogen-bond acceptors (Lipinski definition) is 9. The molecule has 2 aliphatic heterocycles. The lowest BCUT2D eigenvalue weighted by atomic mass is 9.95. The number of ether oxygens (including phenoxy) is 3. The van der Waals surface area contributed by atoms with Crippen molar-refractivity contribution in [2.75, 3.05) is 49.2 Å². The second kappa shape index (κ2) is 12.8. The molecule has 2 aliphatic rings. The molecule has 7 rings (SSSR count). The summed E-state index contributed by atoms with van der Waals surface area (Å²) in [5.74, 6) is 0.763. The zero-order valence-electron chi connectivity index (χ0n) is 26.1. The molecule has 3 aromatic carbocycles. The van der Waals surface area contributed by atoms with Crippen LogP contribution in [-0.4, -0.2) is 75.0 Å². The Balaban J connectivity index is 0.916. The van der Waals surface area contributed by atoms with Crippen LogP contribution in [0.15, 0.2) is 102 Å². The van der Waals surface area contributed by atoms with E-state index in [0.29, 0.717) is 13.2 Å². The number of nitrogens with zero attached hydrogens (tertiary/aromatic N) is 8. The molecular weight excluding hydrogens is 584 g/mol. The first-order valence-corrected chi connectivity index (χ1v) is 15.7. The fourth-order valence-electron chi connectivity index (χ4n) is 6.06. The number of anilines is 2. The largest absolute Gasteiger partial charge is 0.488 e. The molecule has 0 bridgehead atoms. The van der Waals surface area contributed by atoms with Crippen molar-refractivity contribution in [2.24, 2.45) is 0 Å². The van der Waals surface area contributed by atoms with Gasteiger partial charge in [0.2, 0.25) is 0 Å². The minimum Gasteiger partial charge on any atom is -0.488 e. The van der Waals surface area contributed by atoms with E-state index in [2.05, 4.69) is 49.4 Å². The average molecular weight is 623 g/mol. The van der Waals surface area contributed by atoms with Gasteiger partial charge in [0.15, 0.2) is 6.29 Å². The molecule has 0 amide bonds. The molecule has 4 heterocycles. The molecule has 0 saturated carbocycles. The second-order valence-electron chi connectivity index (χ2n) is 11.9. The van der Waals surface area contributed by atoms with Crippen molar-refractivity contribution >= 4 is 11.4 Å². The fraction of sp³-hybridized carbons (Fsp3) is 0.353. The van der Waals surface area contributed by atoms with Crippen LogP contribution in [0.4, 0.5) is 11.4 Å². The molecule has 12 heteroatoms. The molecule has 0 unspecified atom stereocenters. The fourth-order valence-corrected chi connectivity index (χ4v) is 6.06. The topological polar surface area (TPSA) is 105 Å². The van der Waals surface area contributed by atoms with Crippen molar-refractivity contribution in [3.05, 3.63) is 114 Å². The van der Waals surface area contributed by atoms with E-state index in [9.17, 15) is 4.79 Å². The maximum absolute atomic E-state index is 12.6. The Labute approximate surface area is 267 Å². The Bertz CT molecular complexity index is 1760. The lowest BCUT2D eigenvalue weighted by Crippen LogP contribution is -2.46. The number of rotatable bonds is 10. The second-order valence-corrected chi connectivity index (χ2v) is 11.9. The van der Waals surface area contributed by atoms with E-state index in [1.807, 2.05) is 68.4 Å². The Morgan fingerprint density at radius 1 is 0.826 bits per heavy atom. The van der Waals surface area contributed by atoms with Gasteiger partial charge in [0.1, 0.15) is 24.3 Å². The van der Waals surface area contributed by atoms with Crippen molar-refractivity contribution < 1.29 is 14.2 Å². The minimum atomic E-state index is -0.695. The molecule has 46 heavy (non-hydrogen) atoms. The van der Waals surface area contributed by atoms with Crippen LogP contribution in [0.25, 0.3) is 5.69 Å². The van der Waals surface area contributed by atoms with Gasteiger partial charge in [-0.1, -0.05) is 30.3 Å². The van der Waals surface area contributed by atoms with E-state index in [0.717, 1.165) is 54.6 Å². The monoisotopic (exact) mass is 622 g/mol. The summed E-state index contributed by atoms with van der Waals surface area (Å²) in [6.45, 7) is 8.60. The third kappa shape index (κ3) is 6.13. The van der Waals surface area contributed by atoms with Crippen LogP contribution in [-0.2, 0) is 21.6 Å². The lowest BCUT2D eigenvalue weighted by molar-refractivity contribution is -0.117. The normalized spacial score (nSPS) is 20.0. The maximum atomic E-state index is 12.6. The molecule has 0 aliphatic carbocycles. The van der Waals surface area contributed by atoms with Crippen LogP contribution in [0.3, 0.4) is 0 Å². The van der Waals surface area contributed by atoms with Crippen molar-refractivity contribution in [2.45, 2.75) is 38.3 Å². The van der Waals surface area contributed by atoms with Crippen LogP contribution in [0.2, 0.25) is 0 Å². The quantitative estimate of drug-likeness (QED) is 0.230. The molecule has 2 atom stereocenters. The lowest BCUT2D eigenvalue weighted by Gasteiger charge is -2.37. The smallest absolute Gasteiger partial charge is 0.350 e. The zero-order valence-corrected chi connectivity index (χ0v) is 26.1. The van der Waals surface area contributed by atoms with Crippen molar-refractivity contribution in [3.8, 4) is 11.4 Å². The molecule has 0 radical (unpaired) electrons. The summed E-state index contributed by atoms with van der Waals surface area (Å²) in [5.41, 5.74) is 3.31. The van der Waals surface area contributed by atoms with Gasteiger partial charge in [-0.15, -0.1) is 0 Å². The Morgan fingerprint density at radius 2 is 1.43 bits per heavy atom. The first-order valence-electron chi connectivity index (χ1n) is 15.7. The summed E-state index contributed by atoms with van der Waals surface area (Å²) >= 11 is 0. The van der Waals surface area contributed by atoms with Crippen LogP contribution in [0.5, 0.6) is 5.75 Å². The van der Waals surface area contributed by atoms with Gasteiger partial charge in [0.05, 0.1) is 37.3 Å². The van der Waals surface area contributed by atoms with Crippen molar-refractivity contribution in [1.82, 2.24) is 29.3 Å². The summed E-state index contributed by atoms with van der Waals surface area (Å²) in [6.07, 6.45) is 4.39. The summed E-state index contributed by atoms with van der Waals surface area (Å²) in [5, 5.41) is 12.8. The van der Waals surface area contributed by atoms with Crippen molar-refractivity contribution in [3.63, 3.8) is 0 Å². The van der Waals surface area contributed by atoms with E-state index in [1.165, 1.54) is 4.68 Å². The summed E-state index contributed by atoms with van der Waals surface area (Å²) in [4.78, 5) is 19.0. The van der Waals surface area contributed by atoms with E-state index < -0.39 is 11.9 Å². The Kier molecular flexibility index (Phi) is 8.29. The first-order chi connectivity index (χ1) is 22.5. The van der Waals surface area contributed by atoms with E-state index in [-0.39, 0.29) is 18.3 Å². The molecule has 238 valence electrons. The highest BCUT2D eigenvalue weighted by atomic mass is 16.7. The van der Waals surface area contributed by atoms with Gasteiger partial charge >= 0.3 is 5.69 Å². The van der Waals surface area contributed by atoms with E-state index in [1.54, 1.807) is 28.1 Å². The van der Waals surface area contributed by atoms with Gasteiger partial charge in [0.25, 0.3) is 0 Å². The third-order valence-corrected chi connectivity index (χ3v) is 8.57. The third-order valence-electron chi connectivity index (χ3n) is 8.57. The predicted molar refractivity (Wildman–Crippen MR) is 174 cm³/mol. The van der Waals surface area contributed by atoms with Crippen molar-refractivity contribution in [1.29, 1.82) is 0 Å². The van der Waals surface area contributed by atoms with Gasteiger partial charge in [-0.25, -0.2) is 14.0 Å². The minimum absolute atomic E-state index is 0.0207. The van der Waals surface area contributed by atoms with Crippen LogP contribution in [0, 0.1) is 0 Å². The maximum Gasteiger partial charge on any atom is 0.350 e. The summed E-state index contributed by atoms with van der Waals surface area (Å²) in [7, 11) is 0. The van der Waals surface area contributed by atoms with E-state index >= 15 is 0 Å². The SMILES string of the molecule is CC(C)n1ncn(-c2ccc(N3CCN(c4ccc(OC[C@@H]5OC[C@@](Cn6nccn6)(c6ccccc6)O5)cc4)CC3)cc2)c1=O. The van der Waals surface area contributed by atoms with Crippen LogP contribution in [0.1, 0.15) is 25.5 Å². The van der Waals surface area contributed by atoms with Gasteiger partial charge in [-0.05, 0) is 67.9 Å². The van der Waals surface area contributed by atoms with Gasteiger partial charge in [0, 0.05) is 37.6 Å². The van der Waals surface area contributed by atoms with E-state index in [4.69, 9.17) is 14.2 Å². The van der Waals surface area contributed by atoms with Crippen LogP contribution >= 0.6 is 0 Å². The summed E-state index contributed by atoms with van der Waals surface area (Å²) < 4.78 is 21.7. The highest BCUT2D eigenvalue weighted by molar-refractivity contribution is 5.54. The standard InChI is InChI=1S/C34H38N8O4/c1-26(2)42-33(43)40(25-37-42)30-10-8-28(9-11-30)38-18-20-39(21-19-38)29-12-14-31(15-13-29)44-22-32-45-24-34(46-32,23-41-35-16-17-36-41)27-6-4-3-5-7-27/h3-17,25-26,32H,18-24H2,1-2H3/t32-,34+/m1/s1. The highest BCUT2D eigenvalue weighted by Crippen LogP contribution is 2.35. The molecule has 2 fully saturated rings. The number of aromatic nitrogens is 6. The molecule has 12 nitrogen and oxygen atoms in total. The molecule has 5 aromatic rings. The molecule has 2 saturated heterocycles. The number of piperazine rings is 1.